The number of amides is 1. The summed E-state index contributed by atoms with van der Waals surface area (Å²) in [7, 11) is 6.13. The van der Waals surface area contributed by atoms with Gasteiger partial charge >= 0.3 is 6.09 Å². The molecule has 1 unspecified atom stereocenters. The number of methoxy groups -OCH3 is 4. The van der Waals surface area contributed by atoms with Gasteiger partial charge in [0.25, 0.3) is 0 Å². The first kappa shape index (κ1) is 26.8. The van der Waals surface area contributed by atoms with Gasteiger partial charge in [-0.3, -0.25) is 4.90 Å². The average Bonchev–Trinajstić information content (AvgIpc) is 2.92. The highest BCUT2D eigenvalue weighted by atomic mass is 16.7. The first-order chi connectivity index (χ1) is 17.5. The molecular weight excluding hydrogens is 462 g/mol. The van der Waals surface area contributed by atoms with Crippen LogP contribution >= 0.6 is 0 Å². The van der Waals surface area contributed by atoms with Crippen LogP contribution in [0.4, 0.5) is 4.79 Å². The van der Waals surface area contributed by atoms with Crippen LogP contribution in [-0.2, 0) is 22.5 Å². The quantitative estimate of drug-likeness (QED) is 0.328. The van der Waals surface area contributed by atoms with E-state index in [2.05, 4.69) is 0 Å². The standard InChI is InChI=1S/C28H33NO7/c1-32-23-12-8-11-21(15-23)16-24(29(28(30)31)18-27(34-3)35-4)22-13-14-25(33-2)26(17-22)36-19-20-9-6-5-7-10-20/h5-15,17,24,27H,16,18-19H2,1-4H3,(H,30,31). The SMILES string of the molecule is COc1cccc(CC(c2ccc(OC)c(OCc3ccccc3)c2)N(CC(OC)OC)C(=O)O)c1. The summed E-state index contributed by atoms with van der Waals surface area (Å²) < 4.78 is 27.6. The topological polar surface area (TPSA) is 86.7 Å². The molecule has 1 atom stereocenters. The van der Waals surface area contributed by atoms with E-state index < -0.39 is 18.4 Å². The van der Waals surface area contributed by atoms with E-state index in [1.54, 1.807) is 20.3 Å². The summed E-state index contributed by atoms with van der Waals surface area (Å²) in [4.78, 5) is 13.8. The molecule has 3 aromatic rings. The molecule has 3 aromatic carbocycles. The van der Waals surface area contributed by atoms with Gasteiger partial charge in [0.15, 0.2) is 17.8 Å². The predicted octanol–water partition coefficient (Wildman–Crippen LogP) is 5.17. The van der Waals surface area contributed by atoms with Crippen molar-refractivity contribution >= 4 is 6.09 Å². The molecule has 8 nitrogen and oxygen atoms in total. The van der Waals surface area contributed by atoms with Crippen LogP contribution in [0.2, 0.25) is 0 Å². The molecule has 0 fully saturated rings. The van der Waals surface area contributed by atoms with E-state index in [1.807, 2.05) is 66.7 Å². The Morgan fingerprint density at radius 2 is 1.56 bits per heavy atom. The van der Waals surface area contributed by atoms with Crippen LogP contribution in [0.5, 0.6) is 17.2 Å². The van der Waals surface area contributed by atoms with Gasteiger partial charge in [-0.25, -0.2) is 4.79 Å². The highest BCUT2D eigenvalue weighted by Crippen LogP contribution is 2.35. The highest BCUT2D eigenvalue weighted by Gasteiger charge is 2.29. The van der Waals surface area contributed by atoms with E-state index in [-0.39, 0.29) is 6.54 Å². The van der Waals surface area contributed by atoms with Gasteiger partial charge in [0.1, 0.15) is 12.4 Å². The smallest absolute Gasteiger partial charge is 0.407 e. The minimum atomic E-state index is -1.09. The van der Waals surface area contributed by atoms with Crippen LogP contribution in [0.25, 0.3) is 0 Å². The Bertz CT molecular complexity index is 1100. The summed E-state index contributed by atoms with van der Waals surface area (Å²) in [5.41, 5.74) is 2.67. The van der Waals surface area contributed by atoms with Crippen LogP contribution in [-0.4, -0.2) is 57.4 Å². The minimum absolute atomic E-state index is 0.0171. The Labute approximate surface area is 211 Å². The summed E-state index contributed by atoms with van der Waals surface area (Å²) in [6.45, 7) is 0.364. The molecule has 0 aliphatic heterocycles. The van der Waals surface area contributed by atoms with Gasteiger partial charge in [0.2, 0.25) is 0 Å². The fourth-order valence-corrected chi connectivity index (χ4v) is 3.92. The first-order valence-electron chi connectivity index (χ1n) is 11.5. The van der Waals surface area contributed by atoms with Gasteiger partial charge in [-0.1, -0.05) is 48.5 Å². The maximum atomic E-state index is 12.4. The van der Waals surface area contributed by atoms with E-state index in [9.17, 15) is 9.90 Å². The molecule has 1 N–H and O–H groups in total. The molecule has 3 rings (SSSR count). The van der Waals surface area contributed by atoms with Gasteiger partial charge in [-0.05, 0) is 47.4 Å². The van der Waals surface area contributed by atoms with Crippen molar-refractivity contribution in [2.45, 2.75) is 25.4 Å². The zero-order chi connectivity index (χ0) is 25.9. The Balaban J connectivity index is 2.00. The summed E-state index contributed by atoms with van der Waals surface area (Å²) in [5, 5.41) is 10.2. The maximum Gasteiger partial charge on any atom is 0.407 e. The third-order valence-electron chi connectivity index (χ3n) is 5.87. The number of hydrogen-bond donors (Lipinski definition) is 1. The Hall–Kier alpha value is -3.75. The van der Waals surface area contributed by atoms with E-state index >= 15 is 0 Å². The van der Waals surface area contributed by atoms with Crippen molar-refractivity contribution in [3.05, 3.63) is 89.5 Å². The molecule has 0 saturated heterocycles. The lowest BCUT2D eigenvalue weighted by Crippen LogP contribution is -2.41. The lowest BCUT2D eigenvalue weighted by atomic mass is 9.96. The zero-order valence-corrected chi connectivity index (χ0v) is 21.0. The fraction of sp³-hybridized carbons (Fsp3) is 0.321. The van der Waals surface area contributed by atoms with Gasteiger partial charge < -0.3 is 28.8 Å². The van der Waals surface area contributed by atoms with Gasteiger partial charge in [-0.15, -0.1) is 0 Å². The summed E-state index contributed by atoms with van der Waals surface area (Å²) in [6.07, 6.45) is -1.42. The van der Waals surface area contributed by atoms with Gasteiger partial charge in [0.05, 0.1) is 26.8 Å². The number of ether oxygens (including phenoxy) is 5. The molecule has 0 aromatic heterocycles. The summed E-state index contributed by atoms with van der Waals surface area (Å²) >= 11 is 0. The van der Waals surface area contributed by atoms with Crippen molar-refractivity contribution in [3.8, 4) is 17.2 Å². The van der Waals surface area contributed by atoms with Crippen molar-refractivity contribution in [2.75, 3.05) is 35.0 Å². The normalized spacial score (nSPS) is 11.7. The first-order valence-corrected chi connectivity index (χ1v) is 11.5. The van der Waals surface area contributed by atoms with Crippen molar-refractivity contribution in [3.63, 3.8) is 0 Å². The Morgan fingerprint density at radius 3 is 2.19 bits per heavy atom. The molecule has 192 valence electrons. The Kier molecular flexibility index (Phi) is 9.97. The maximum absolute atomic E-state index is 12.4. The third kappa shape index (κ3) is 7.13. The van der Waals surface area contributed by atoms with Crippen molar-refractivity contribution in [1.82, 2.24) is 4.90 Å². The van der Waals surface area contributed by atoms with E-state index in [0.717, 1.165) is 16.7 Å². The van der Waals surface area contributed by atoms with Crippen LogP contribution in [0.3, 0.4) is 0 Å². The fourth-order valence-electron chi connectivity index (χ4n) is 3.92. The second kappa shape index (κ2) is 13.4. The lowest BCUT2D eigenvalue weighted by Gasteiger charge is -2.32. The number of benzene rings is 3. The predicted molar refractivity (Wildman–Crippen MR) is 136 cm³/mol. The molecule has 0 aliphatic carbocycles. The van der Waals surface area contributed by atoms with Crippen molar-refractivity contribution in [1.29, 1.82) is 0 Å². The third-order valence-corrected chi connectivity index (χ3v) is 5.87. The van der Waals surface area contributed by atoms with Crippen molar-refractivity contribution < 1.29 is 33.6 Å². The molecule has 0 bridgehead atoms. The molecule has 0 spiro atoms. The van der Waals surface area contributed by atoms with Gasteiger partial charge in [0, 0.05) is 14.2 Å². The molecule has 0 heterocycles. The number of carbonyl (C=O) groups is 1. The largest absolute Gasteiger partial charge is 0.497 e. The number of hydrogen-bond acceptors (Lipinski definition) is 6. The minimum Gasteiger partial charge on any atom is -0.497 e. The number of carboxylic acid groups (broad SMARTS) is 1. The lowest BCUT2D eigenvalue weighted by molar-refractivity contribution is -0.116. The Morgan fingerprint density at radius 1 is 0.833 bits per heavy atom. The van der Waals surface area contributed by atoms with Crippen molar-refractivity contribution in [2.24, 2.45) is 0 Å². The highest BCUT2D eigenvalue weighted by molar-refractivity contribution is 5.66. The molecule has 8 heteroatoms. The molecule has 36 heavy (non-hydrogen) atoms. The second-order valence-electron chi connectivity index (χ2n) is 8.09. The van der Waals surface area contributed by atoms with Crippen LogP contribution in [0.1, 0.15) is 22.7 Å². The molecule has 0 aliphatic rings. The molecule has 0 radical (unpaired) electrons. The molecule has 1 amide bonds. The van der Waals surface area contributed by atoms with E-state index in [4.69, 9.17) is 23.7 Å². The summed E-state index contributed by atoms with van der Waals surface area (Å²) in [6, 6.07) is 22.3. The second-order valence-corrected chi connectivity index (χ2v) is 8.09. The average molecular weight is 496 g/mol. The van der Waals surface area contributed by atoms with Crippen LogP contribution < -0.4 is 14.2 Å². The van der Waals surface area contributed by atoms with E-state index in [0.29, 0.717) is 30.3 Å². The van der Waals surface area contributed by atoms with Crippen LogP contribution in [0.15, 0.2) is 72.8 Å². The van der Waals surface area contributed by atoms with Crippen LogP contribution in [0, 0.1) is 0 Å². The summed E-state index contributed by atoms with van der Waals surface area (Å²) in [5.74, 6) is 1.78. The molecule has 0 saturated carbocycles. The zero-order valence-electron chi connectivity index (χ0n) is 21.0. The van der Waals surface area contributed by atoms with Gasteiger partial charge in [-0.2, -0.15) is 0 Å². The van der Waals surface area contributed by atoms with E-state index in [1.165, 1.54) is 19.1 Å². The number of rotatable bonds is 13. The molecular formula is C28H33NO7. The number of nitrogens with zero attached hydrogens (tertiary/aromatic N) is 1. The monoisotopic (exact) mass is 495 g/mol.